The number of allylic oxidation sites excluding steroid dienone is 1. The fourth-order valence-corrected chi connectivity index (χ4v) is 12.7. The molecule has 0 aromatic heterocycles. The Balaban J connectivity index is 2.18. The molecule has 1 fully saturated rings. The van der Waals surface area contributed by atoms with Gasteiger partial charge in [-0.1, -0.05) is 77.5 Å². The van der Waals surface area contributed by atoms with Crippen LogP contribution in [0.25, 0.3) is 0 Å². The highest BCUT2D eigenvalue weighted by Gasteiger charge is 2.58. The zero-order chi connectivity index (χ0) is 38.1. The Morgan fingerprint density at radius 3 is 2.00 bits per heavy atom. The number of epoxide rings is 1. The largest absolute Gasteiger partial charge is 0.497 e. The Bertz CT molecular complexity index is 1250. The maximum atomic E-state index is 12.4. The van der Waals surface area contributed by atoms with Gasteiger partial charge in [-0.15, -0.1) is 0 Å². The average molecular weight is 745 g/mol. The Morgan fingerprint density at radius 1 is 0.863 bits per heavy atom. The van der Waals surface area contributed by atoms with Crippen molar-refractivity contribution in [3.05, 3.63) is 64.8 Å². The molecule has 0 bridgehead atoms. The molecule has 1 heterocycles. The van der Waals surface area contributed by atoms with Gasteiger partial charge < -0.3 is 27.8 Å². The molecule has 1 aromatic rings. The first-order valence-electron chi connectivity index (χ1n) is 19.7. The molecular formula is C42H72O7Si2. The summed E-state index contributed by atoms with van der Waals surface area (Å²) in [5.41, 5.74) is 3.97. The second-order valence-electron chi connectivity index (χ2n) is 14.5. The highest BCUT2D eigenvalue weighted by Crippen LogP contribution is 2.46. The number of hydrogen-bond donors (Lipinski definition) is 0. The highest BCUT2D eigenvalue weighted by molar-refractivity contribution is 6.74. The van der Waals surface area contributed by atoms with Crippen molar-refractivity contribution >= 4 is 22.6 Å². The van der Waals surface area contributed by atoms with Crippen LogP contribution in [-0.4, -0.2) is 66.8 Å². The minimum Gasteiger partial charge on any atom is -0.497 e. The fourth-order valence-electron chi connectivity index (χ4n) is 6.82. The van der Waals surface area contributed by atoms with Gasteiger partial charge in [-0.25, -0.2) is 4.79 Å². The van der Waals surface area contributed by atoms with Gasteiger partial charge in [0.2, 0.25) is 0 Å². The van der Waals surface area contributed by atoms with Crippen molar-refractivity contribution in [1.82, 2.24) is 0 Å². The summed E-state index contributed by atoms with van der Waals surface area (Å²) in [5, 5.41) is 0. The maximum Gasteiger partial charge on any atom is 0.333 e. The lowest BCUT2D eigenvalue weighted by atomic mass is 9.94. The highest BCUT2D eigenvalue weighted by atomic mass is 28.4. The van der Waals surface area contributed by atoms with E-state index in [-0.39, 0.29) is 24.3 Å². The van der Waals surface area contributed by atoms with Gasteiger partial charge in [0.1, 0.15) is 11.4 Å². The van der Waals surface area contributed by atoms with Crippen molar-refractivity contribution in [3.63, 3.8) is 0 Å². The summed E-state index contributed by atoms with van der Waals surface area (Å²) in [6.45, 7) is 25.5. The molecule has 51 heavy (non-hydrogen) atoms. The van der Waals surface area contributed by atoms with E-state index in [0.717, 1.165) is 66.8 Å². The zero-order valence-corrected chi connectivity index (χ0v) is 36.3. The third kappa shape index (κ3) is 13.7. The van der Waals surface area contributed by atoms with Crippen molar-refractivity contribution in [2.24, 2.45) is 0 Å². The van der Waals surface area contributed by atoms with E-state index in [9.17, 15) is 4.79 Å². The Labute approximate surface area is 313 Å². The molecule has 0 saturated carbocycles. The molecule has 290 valence electrons. The van der Waals surface area contributed by atoms with Crippen molar-refractivity contribution < 1.29 is 32.6 Å². The molecule has 1 saturated heterocycles. The van der Waals surface area contributed by atoms with Gasteiger partial charge in [0, 0.05) is 5.57 Å². The van der Waals surface area contributed by atoms with Gasteiger partial charge in [-0.3, -0.25) is 0 Å². The van der Waals surface area contributed by atoms with Crippen LogP contribution >= 0.6 is 0 Å². The molecule has 0 N–H and O–H groups in total. The Hall–Kier alpha value is -2.02. The van der Waals surface area contributed by atoms with Crippen LogP contribution in [0.15, 0.2) is 59.2 Å². The van der Waals surface area contributed by atoms with Crippen LogP contribution in [0, 0.1) is 0 Å². The second kappa shape index (κ2) is 22.3. The quantitative estimate of drug-likeness (QED) is 0.0233. The summed E-state index contributed by atoms with van der Waals surface area (Å²) < 4.78 is 37.2. The predicted octanol–water partition coefficient (Wildman–Crippen LogP) is 11.1. The lowest BCUT2D eigenvalue weighted by Gasteiger charge is -2.35. The number of rotatable bonds is 26. The number of ether oxygens (including phenoxy) is 4. The SMILES string of the molecule is CCOC(=O)/C(C)=C/C[C@H](O[Si](CC)(CC)CC)[C@]1(C)O[C@H]1C/C=C(/C)[C@H](CC/C(C)=C/COCc1ccc(OC)cc1)O[Si](CC)(CC)CC. The molecule has 0 unspecified atom stereocenters. The zero-order valence-electron chi connectivity index (χ0n) is 34.3. The average Bonchev–Trinajstić information content (AvgIpc) is 3.83. The number of hydrogen-bond acceptors (Lipinski definition) is 7. The van der Waals surface area contributed by atoms with E-state index in [1.165, 1.54) is 11.1 Å². The van der Waals surface area contributed by atoms with Gasteiger partial charge in [0.05, 0.1) is 45.2 Å². The molecule has 4 atom stereocenters. The molecule has 0 spiro atoms. The van der Waals surface area contributed by atoms with Crippen molar-refractivity contribution in [3.8, 4) is 5.75 Å². The molecule has 0 radical (unpaired) electrons. The van der Waals surface area contributed by atoms with E-state index in [1.54, 1.807) is 7.11 Å². The number of methoxy groups -OCH3 is 1. The summed E-state index contributed by atoms with van der Waals surface area (Å²) in [6, 6.07) is 14.6. The minimum absolute atomic E-state index is 0.0571. The molecule has 0 aliphatic carbocycles. The minimum atomic E-state index is -1.93. The van der Waals surface area contributed by atoms with Gasteiger partial charge in [0.15, 0.2) is 16.6 Å². The molecule has 1 aromatic carbocycles. The van der Waals surface area contributed by atoms with Crippen molar-refractivity contribution in [1.29, 1.82) is 0 Å². The van der Waals surface area contributed by atoms with Crippen molar-refractivity contribution in [2.45, 2.75) is 169 Å². The van der Waals surface area contributed by atoms with E-state index in [1.807, 2.05) is 44.2 Å². The summed E-state index contributed by atoms with van der Waals surface area (Å²) in [7, 11) is -2.09. The van der Waals surface area contributed by atoms with Crippen molar-refractivity contribution in [2.75, 3.05) is 20.3 Å². The van der Waals surface area contributed by atoms with Gasteiger partial charge in [0.25, 0.3) is 0 Å². The van der Waals surface area contributed by atoms with Gasteiger partial charge in [-0.2, -0.15) is 0 Å². The Morgan fingerprint density at radius 2 is 1.45 bits per heavy atom. The molecule has 7 nitrogen and oxygen atoms in total. The molecule has 9 heteroatoms. The van der Waals surface area contributed by atoms with Gasteiger partial charge >= 0.3 is 5.97 Å². The Kier molecular flexibility index (Phi) is 19.7. The van der Waals surface area contributed by atoms with Crippen LogP contribution in [0.5, 0.6) is 5.75 Å². The third-order valence-electron chi connectivity index (χ3n) is 11.4. The summed E-state index contributed by atoms with van der Waals surface area (Å²) >= 11 is 0. The van der Waals surface area contributed by atoms with E-state index < -0.39 is 22.2 Å². The maximum absolute atomic E-state index is 12.4. The number of benzene rings is 1. The smallest absolute Gasteiger partial charge is 0.333 e. The van der Waals surface area contributed by atoms with E-state index in [2.05, 4.69) is 74.5 Å². The van der Waals surface area contributed by atoms with Crippen LogP contribution in [0.4, 0.5) is 0 Å². The van der Waals surface area contributed by atoms with E-state index >= 15 is 0 Å². The monoisotopic (exact) mass is 744 g/mol. The topological polar surface area (TPSA) is 75.8 Å². The van der Waals surface area contributed by atoms with Crippen LogP contribution in [0.1, 0.15) is 107 Å². The lowest BCUT2D eigenvalue weighted by Crippen LogP contribution is -2.45. The number of esters is 1. The predicted molar refractivity (Wildman–Crippen MR) is 216 cm³/mol. The van der Waals surface area contributed by atoms with Crippen LogP contribution in [-0.2, 0) is 34.5 Å². The molecular weight excluding hydrogens is 673 g/mol. The molecule has 1 aliphatic heterocycles. The third-order valence-corrected chi connectivity index (χ3v) is 20.7. The van der Waals surface area contributed by atoms with Gasteiger partial charge in [-0.05, 0) is 120 Å². The normalized spacial score (nSPS) is 19.9. The number of carbonyl (C=O) groups excluding carboxylic acids is 1. The molecule has 1 aliphatic rings. The van der Waals surface area contributed by atoms with E-state index in [4.69, 9.17) is 27.8 Å². The molecule has 2 rings (SSSR count). The van der Waals surface area contributed by atoms with E-state index in [0.29, 0.717) is 31.8 Å². The first kappa shape index (κ1) is 45.1. The van der Waals surface area contributed by atoms with Crippen LogP contribution in [0.3, 0.4) is 0 Å². The van der Waals surface area contributed by atoms with Crippen LogP contribution in [0.2, 0.25) is 36.3 Å². The summed E-state index contributed by atoms with van der Waals surface area (Å²) in [6.07, 6.45) is 9.93. The summed E-state index contributed by atoms with van der Waals surface area (Å²) in [5.74, 6) is 0.592. The first-order chi connectivity index (χ1) is 24.3. The summed E-state index contributed by atoms with van der Waals surface area (Å²) in [4.78, 5) is 12.4. The van der Waals surface area contributed by atoms with Crippen LogP contribution < -0.4 is 4.74 Å². The lowest BCUT2D eigenvalue weighted by molar-refractivity contribution is -0.138. The second-order valence-corrected chi connectivity index (χ2v) is 23.9. The first-order valence-corrected chi connectivity index (χ1v) is 24.8. The fraction of sp³-hybridized carbons (Fsp3) is 0.690. The standard InChI is InChI=1S/C42H72O7Si2/c1-13-46-41(43)35(10)22-29-40(49-51(17-5,18-6)19-7)42(11)39(47-42)28-21-34(9)38(48-50(14-2,15-3)16-4)27-20-33(8)30-31-45-32-36-23-25-37(44-12)26-24-36/h21-26,30,38-40H,13-20,27-29,31-32H2,1-12H3/b33-30+,34-21-,35-22+/t38-,39-,40-,42+/m0/s1. The molecule has 0 amide bonds. The number of carbonyl (C=O) groups is 1.